The highest BCUT2D eigenvalue weighted by molar-refractivity contribution is 5.70. The van der Waals surface area contributed by atoms with E-state index in [1.54, 1.807) is 12.1 Å². The molecular formula is C16H16FNO2. The first-order valence-electron chi connectivity index (χ1n) is 6.38. The SMILES string of the molecule is O=C(O)Cc1ccc(CNCc2ccc(F)cc2)cc1. The van der Waals surface area contributed by atoms with Crippen LogP contribution < -0.4 is 5.32 Å². The lowest BCUT2D eigenvalue weighted by Crippen LogP contribution is -2.12. The van der Waals surface area contributed by atoms with E-state index in [0.717, 1.165) is 16.7 Å². The van der Waals surface area contributed by atoms with Gasteiger partial charge < -0.3 is 10.4 Å². The van der Waals surface area contributed by atoms with Crippen molar-refractivity contribution in [3.8, 4) is 0 Å². The highest BCUT2D eigenvalue weighted by Gasteiger charge is 2.00. The third kappa shape index (κ3) is 4.48. The first-order valence-corrected chi connectivity index (χ1v) is 6.38. The molecule has 2 rings (SSSR count). The summed E-state index contributed by atoms with van der Waals surface area (Å²) < 4.78 is 12.7. The Labute approximate surface area is 117 Å². The molecule has 20 heavy (non-hydrogen) atoms. The largest absolute Gasteiger partial charge is 0.481 e. The fourth-order valence-corrected chi connectivity index (χ4v) is 1.90. The van der Waals surface area contributed by atoms with Crippen molar-refractivity contribution in [3.05, 3.63) is 71.0 Å². The van der Waals surface area contributed by atoms with Crippen LogP contribution in [0.4, 0.5) is 4.39 Å². The van der Waals surface area contributed by atoms with Crippen LogP contribution in [0.5, 0.6) is 0 Å². The Bertz CT molecular complexity index is 564. The van der Waals surface area contributed by atoms with E-state index >= 15 is 0 Å². The van der Waals surface area contributed by atoms with Crippen LogP contribution in [-0.4, -0.2) is 11.1 Å². The Morgan fingerprint density at radius 1 is 0.900 bits per heavy atom. The second kappa shape index (κ2) is 6.82. The number of carbonyl (C=O) groups is 1. The molecule has 104 valence electrons. The van der Waals surface area contributed by atoms with Crippen LogP contribution in [0, 0.1) is 5.82 Å². The molecule has 2 aromatic rings. The van der Waals surface area contributed by atoms with Crippen LogP contribution in [0.25, 0.3) is 0 Å². The van der Waals surface area contributed by atoms with Crippen molar-refractivity contribution in [2.75, 3.05) is 0 Å². The summed E-state index contributed by atoms with van der Waals surface area (Å²) in [5, 5.41) is 11.9. The number of halogens is 1. The fourth-order valence-electron chi connectivity index (χ4n) is 1.90. The van der Waals surface area contributed by atoms with Crippen molar-refractivity contribution in [3.63, 3.8) is 0 Å². The maximum Gasteiger partial charge on any atom is 0.307 e. The second-order valence-electron chi connectivity index (χ2n) is 4.62. The molecule has 0 heterocycles. The summed E-state index contributed by atoms with van der Waals surface area (Å²) in [6, 6.07) is 13.9. The molecule has 2 N–H and O–H groups in total. The van der Waals surface area contributed by atoms with Gasteiger partial charge in [-0.05, 0) is 28.8 Å². The van der Waals surface area contributed by atoms with Gasteiger partial charge in [-0.1, -0.05) is 36.4 Å². The Balaban J connectivity index is 1.82. The van der Waals surface area contributed by atoms with Gasteiger partial charge in [-0.2, -0.15) is 0 Å². The Morgan fingerprint density at radius 2 is 1.35 bits per heavy atom. The molecule has 3 nitrogen and oxygen atoms in total. The molecule has 0 atom stereocenters. The maximum absolute atomic E-state index is 12.7. The molecule has 0 aliphatic heterocycles. The van der Waals surface area contributed by atoms with Crippen molar-refractivity contribution in [2.24, 2.45) is 0 Å². The van der Waals surface area contributed by atoms with Crippen molar-refractivity contribution in [2.45, 2.75) is 19.5 Å². The molecule has 0 bridgehead atoms. The van der Waals surface area contributed by atoms with Gasteiger partial charge in [0.05, 0.1) is 6.42 Å². The second-order valence-corrected chi connectivity index (χ2v) is 4.62. The van der Waals surface area contributed by atoms with Crippen LogP contribution in [0.15, 0.2) is 48.5 Å². The van der Waals surface area contributed by atoms with E-state index in [-0.39, 0.29) is 12.2 Å². The Kier molecular flexibility index (Phi) is 4.85. The van der Waals surface area contributed by atoms with Crippen LogP contribution in [0.2, 0.25) is 0 Å². The number of hydrogen-bond donors (Lipinski definition) is 2. The fraction of sp³-hybridized carbons (Fsp3) is 0.188. The summed E-state index contributed by atoms with van der Waals surface area (Å²) >= 11 is 0. The zero-order chi connectivity index (χ0) is 14.4. The lowest BCUT2D eigenvalue weighted by molar-refractivity contribution is -0.136. The summed E-state index contributed by atoms with van der Waals surface area (Å²) in [6.07, 6.45) is 0.0449. The topological polar surface area (TPSA) is 49.3 Å². The normalized spacial score (nSPS) is 10.4. The molecule has 0 spiro atoms. The molecule has 0 fully saturated rings. The van der Waals surface area contributed by atoms with Gasteiger partial charge in [0.1, 0.15) is 5.82 Å². The van der Waals surface area contributed by atoms with E-state index in [1.807, 2.05) is 24.3 Å². The number of benzene rings is 2. The van der Waals surface area contributed by atoms with Gasteiger partial charge in [-0.3, -0.25) is 4.79 Å². The van der Waals surface area contributed by atoms with Gasteiger partial charge in [0, 0.05) is 13.1 Å². The highest BCUT2D eigenvalue weighted by Crippen LogP contribution is 2.06. The molecule has 4 heteroatoms. The number of aliphatic carboxylic acids is 1. The third-order valence-corrected chi connectivity index (χ3v) is 2.95. The van der Waals surface area contributed by atoms with Crippen LogP contribution in [-0.2, 0) is 24.3 Å². The average Bonchev–Trinajstić information content (AvgIpc) is 2.42. The van der Waals surface area contributed by atoms with Gasteiger partial charge in [-0.15, -0.1) is 0 Å². The monoisotopic (exact) mass is 273 g/mol. The zero-order valence-electron chi connectivity index (χ0n) is 11.0. The van der Waals surface area contributed by atoms with Crippen LogP contribution in [0.3, 0.4) is 0 Å². The van der Waals surface area contributed by atoms with Crippen molar-refractivity contribution >= 4 is 5.97 Å². The number of rotatable bonds is 6. The van der Waals surface area contributed by atoms with E-state index in [0.29, 0.717) is 13.1 Å². The minimum absolute atomic E-state index is 0.0449. The highest BCUT2D eigenvalue weighted by atomic mass is 19.1. The predicted molar refractivity (Wildman–Crippen MR) is 74.7 cm³/mol. The average molecular weight is 273 g/mol. The summed E-state index contributed by atoms with van der Waals surface area (Å²) in [5.74, 6) is -1.06. The Morgan fingerprint density at radius 3 is 1.85 bits per heavy atom. The summed E-state index contributed by atoms with van der Waals surface area (Å²) in [7, 11) is 0. The molecule has 0 saturated carbocycles. The zero-order valence-corrected chi connectivity index (χ0v) is 11.0. The molecule has 0 radical (unpaired) electrons. The summed E-state index contributed by atoms with van der Waals surface area (Å²) in [6.45, 7) is 1.35. The van der Waals surface area contributed by atoms with E-state index in [1.165, 1.54) is 12.1 Å². The number of carboxylic acids is 1. The minimum atomic E-state index is -0.827. The smallest absolute Gasteiger partial charge is 0.307 e. The molecule has 2 aromatic carbocycles. The first kappa shape index (κ1) is 14.2. The van der Waals surface area contributed by atoms with Gasteiger partial charge >= 0.3 is 5.97 Å². The molecule has 0 amide bonds. The maximum atomic E-state index is 12.7. The van der Waals surface area contributed by atoms with E-state index in [2.05, 4.69) is 5.32 Å². The number of carboxylic acid groups (broad SMARTS) is 1. The predicted octanol–water partition coefficient (Wildman–Crippen LogP) is 2.74. The van der Waals surface area contributed by atoms with Crippen molar-refractivity contribution in [1.82, 2.24) is 5.32 Å². The lowest BCUT2D eigenvalue weighted by Gasteiger charge is -2.06. The van der Waals surface area contributed by atoms with Crippen LogP contribution in [0.1, 0.15) is 16.7 Å². The molecular weight excluding hydrogens is 257 g/mol. The molecule has 0 unspecified atom stereocenters. The van der Waals surface area contributed by atoms with E-state index < -0.39 is 5.97 Å². The van der Waals surface area contributed by atoms with Gasteiger partial charge in [0.15, 0.2) is 0 Å². The molecule has 0 aliphatic carbocycles. The van der Waals surface area contributed by atoms with E-state index in [9.17, 15) is 9.18 Å². The Hall–Kier alpha value is -2.20. The molecule has 0 aromatic heterocycles. The molecule has 0 saturated heterocycles. The van der Waals surface area contributed by atoms with Crippen LogP contribution >= 0.6 is 0 Å². The number of hydrogen-bond acceptors (Lipinski definition) is 2. The van der Waals surface area contributed by atoms with Gasteiger partial charge in [0.25, 0.3) is 0 Å². The van der Waals surface area contributed by atoms with Crippen molar-refractivity contribution < 1.29 is 14.3 Å². The standard InChI is InChI=1S/C16H16FNO2/c17-15-7-5-14(6-8-15)11-18-10-13-3-1-12(2-4-13)9-16(19)20/h1-8,18H,9-11H2,(H,19,20). The summed E-state index contributed by atoms with van der Waals surface area (Å²) in [4.78, 5) is 10.6. The summed E-state index contributed by atoms with van der Waals surface area (Å²) in [5.41, 5.74) is 2.90. The first-order chi connectivity index (χ1) is 9.63. The van der Waals surface area contributed by atoms with Crippen molar-refractivity contribution in [1.29, 1.82) is 0 Å². The quantitative estimate of drug-likeness (QED) is 0.851. The molecule has 0 aliphatic rings. The number of nitrogens with one attached hydrogen (secondary N) is 1. The third-order valence-electron chi connectivity index (χ3n) is 2.95. The van der Waals surface area contributed by atoms with E-state index in [4.69, 9.17) is 5.11 Å². The lowest BCUT2D eigenvalue weighted by atomic mass is 10.1. The van der Waals surface area contributed by atoms with Gasteiger partial charge in [0.2, 0.25) is 0 Å². The minimum Gasteiger partial charge on any atom is -0.481 e. The van der Waals surface area contributed by atoms with Gasteiger partial charge in [-0.25, -0.2) is 4.39 Å².